The zero-order valence-electron chi connectivity index (χ0n) is 16.2. The molecule has 0 saturated heterocycles. The van der Waals surface area contributed by atoms with Crippen LogP contribution in [0.4, 0.5) is 4.79 Å². The number of carbonyl (C=O) groups excluding carboxylic acids is 1. The maximum absolute atomic E-state index is 12.2. The average Bonchev–Trinajstić information content (AvgIpc) is 3.31. The van der Waals surface area contributed by atoms with Crippen molar-refractivity contribution < 1.29 is 9.53 Å². The van der Waals surface area contributed by atoms with Gasteiger partial charge in [-0.25, -0.2) is 4.79 Å². The highest BCUT2D eigenvalue weighted by molar-refractivity contribution is 7.03. The Balaban J connectivity index is 1.66. The zero-order valence-corrected chi connectivity index (χ0v) is 17.0. The van der Waals surface area contributed by atoms with Gasteiger partial charge in [0, 0.05) is 34.4 Å². The minimum atomic E-state index is -0.524. The summed E-state index contributed by atoms with van der Waals surface area (Å²) in [7, 11) is 0. The van der Waals surface area contributed by atoms with Crippen LogP contribution in [0.2, 0.25) is 0 Å². The number of nitriles is 1. The lowest BCUT2D eigenvalue weighted by Gasteiger charge is -2.22. The number of aromatic nitrogens is 2. The van der Waals surface area contributed by atoms with Gasteiger partial charge in [0.05, 0.1) is 23.9 Å². The Labute approximate surface area is 167 Å². The summed E-state index contributed by atoms with van der Waals surface area (Å²) < 4.78 is 12.1. The molecule has 1 amide bonds. The molecule has 2 aromatic heterocycles. The van der Waals surface area contributed by atoms with Crippen LogP contribution >= 0.6 is 11.5 Å². The second kappa shape index (κ2) is 6.95. The summed E-state index contributed by atoms with van der Waals surface area (Å²) in [6.07, 6.45) is 1.06. The zero-order chi connectivity index (χ0) is 19.9. The van der Waals surface area contributed by atoms with Crippen molar-refractivity contribution in [2.24, 2.45) is 0 Å². The third-order valence-corrected chi connectivity index (χ3v) is 5.44. The summed E-state index contributed by atoms with van der Waals surface area (Å²) in [5.41, 5.74) is 4.63. The van der Waals surface area contributed by atoms with E-state index in [1.165, 1.54) is 22.8 Å². The average molecular weight is 395 g/mol. The van der Waals surface area contributed by atoms with Crippen LogP contribution in [0, 0.1) is 11.3 Å². The van der Waals surface area contributed by atoms with Crippen LogP contribution in [-0.2, 0) is 24.1 Å². The Morgan fingerprint density at radius 1 is 1.39 bits per heavy atom. The highest BCUT2D eigenvalue weighted by Crippen LogP contribution is 2.34. The largest absolute Gasteiger partial charge is 0.444 e. The summed E-state index contributed by atoms with van der Waals surface area (Å²) in [6, 6.07) is 10.0. The van der Waals surface area contributed by atoms with Crippen molar-refractivity contribution in [2.45, 2.75) is 51.8 Å². The van der Waals surface area contributed by atoms with Crippen molar-refractivity contribution in [1.82, 2.24) is 14.3 Å². The molecule has 0 bridgehead atoms. The fourth-order valence-electron chi connectivity index (χ4n) is 3.80. The molecule has 1 aromatic carbocycles. The molecule has 0 spiro atoms. The van der Waals surface area contributed by atoms with E-state index in [9.17, 15) is 10.1 Å². The van der Waals surface area contributed by atoms with Gasteiger partial charge in [0.25, 0.3) is 0 Å². The Bertz CT molecular complexity index is 1070. The van der Waals surface area contributed by atoms with Gasteiger partial charge in [-0.1, -0.05) is 0 Å². The lowest BCUT2D eigenvalue weighted by Crippen LogP contribution is -2.39. The molecule has 144 valence electrons. The van der Waals surface area contributed by atoms with Gasteiger partial charge in [0.2, 0.25) is 0 Å². The SMILES string of the molecule is CC(C)(C)OC(=O)N[C@H]1Cc2c(n(Cc3ccsn3)c3ccc(C#N)cc23)C1. The third-order valence-electron chi connectivity index (χ3n) is 4.84. The molecule has 3 aromatic rings. The summed E-state index contributed by atoms with van der Waals surface area (Å²) in [5, 5.41) is 15.4. The molecular formula is C21H22N4O2S. The Morgan fingerprint density at radius 2 is 2.21 bits per heavy atom. The number of benzene rings is 1. The van der Waals surface area contributed by atoms with Gasteiger partial charge in [-0.3, -0.25) is 0 Å². The quantitative estimate of drug-likeness (QED) is 0.728. The maximum Gasteiger partial charge on any atom is 0.407 e. The smallest absolute Gasteiger partial charge is 0.407 e. The van der Waals surface area contributed by atoms with Gasteiger partial charge in [-0.15, -0.1) is 0 Å². The van der Waals surface area contributed by atoms with Crippen molar-refractivity contribution in [3.8, 4) is 6.07 Å². The summed E-state index contributed by atoms with van der Waals surface area (Å²) in [6.45, 7) is 6.25. The van der Waals surface area contributed by atoms with Crippen molar-refractivity contribution in [2.75, 3.05) is 0 Å². The molecular weight excluding hydrogens is 372 g/mol. The van der Waals surface area contributed by atoms with E-state index in [2.05, 4.69) is 20.3 Å². The molecule has 0 radical (unpaired) electrons. The summed E-state index contributed by atoms with van der Waals surface area (Å²) in [5.74, 6) is 0. The first-order valence-electron chi connectivity index (χ1n) is 9.27. The van der Waals surface area contributed by atoms with E-state index in [1.807, 2.05) is 50.4 Å². The minimum absolute atomic E-state index is 0.0170. The van der Waals surface area contributed by atoms with Gasteiger partial charge < -0.3 is 14.6 Å². The fourth-order valence-corrected chi connectivity index (χ4v) is 4.33. The molecule has 6 nitrogen and oxygen atoms in total. The molecule has 1 atom stereocenters. The highest BCUT2D eigenvalue weighted by atomic mass is 32.1. The standard InChI is InChI=1S/C21H22N4O2S/c1-21(2,3)27-20(26)23-15-9-17-16-8-13(11-22)4-5-18(16)25(19(17)10-15)12-14-6-7-28-24-14/h4-8,15H,9-10,12H2,1-3H3,(H,23,26)/t15-/m0/s1. The molecule has 1 aliphatic rings. The first kappa shape index (κ1) is 18.5. The lowest BCUT2D eigenvalue weighted by molar-refractivity contribution is 0.0506. The van der Waals surface area contributed by atoms with Crippen LogP contribution in [0.3, 0.4) is 0 Å². The molecule has 0 fully saturated rings. The van der Waals surface area contributed by atoms with Crippen LogP contribution in [-0.4, -0.2) is 26.7 Å². The lowest BCUT2D eigenvalue weighted by atomic mass is 10.1. The number of amides is 1. The second-order valence-electron chi connectivity index (χ2n) is 8.10. The number of ether oxygens (including phenoxy) is 1. The molecule has 4 rings (SSSR count). The van der Waals surface area contributed by atoms with E-state index >= 15 is 0 Å². The first-order chi connectivity index (χ1) is 13.3. The van der Waals surface area contributed by atoms with Crippen LogP contribution in [0.1, 0.15) is 43.3 Å². The molecule has 1 N–H and O–H groups in total. The van der Waals surface area contributed by atoms with Crippen molar-refractivity contribution in [3.05, 3.63) is 52.2 Å². The number of nitrogens with zero attached hydrogens (tertiary/aromatic N) is 3. The number of alkyl carbamates (subject to hydrolysis) is 1. The summed E-state index contributed by atoms with van der Waals surface area (Å²) in [4.78, 5) is 12.2. The molecule has 28 heavy (non-hydrogen) atoms. The van der Waals surface area contributed by atoms with Gasteiger partial charge in [0.1, 0.15) is 5.60 Å². The van der Waals surface area contributed by atoms with Gasteiger partial charge >= 0.3 is 6.09 Å². The topological polar surface area (TPSA) is 79.9 Å². The monoisotopic (exact) mass is 394 g/mol. The van der Waals surface area contributed by atoms with Crippen LogP contribution in [0.5, 0.6) is 0 Å². The number of hydrogen-bond acceptors (Lipinski definition) is 5. The number of hydrogen-bond donors (Lipinski definition) is 1. The molecule has 1 aliphatic carbocycles. The predicted molar refractivity (Wildman–Crippen MR) is 108 cm³/mol. The van der Waals surface area contributed by atoms with Crippen LogP contribution < -0.4 is 5.32 Å². The van der Waals surface area contributed by atoms with E-state index in [0.29, 0.717) is 12.1 Å². The molecule has 7 heteroatoms. The van der Waals surface area contributed by atoms with Gasteiger partial charge in [-0.05, 0) is 68.6 Å². The molecule has 0 aliphatic heterocycles. The number of carbonyl (C=O) groups is 1. The van der Waals surface area contributed by atoms with Crippen molar-refractivity contribution in [3.63, 3.8) is 0 Å². The molecule has 0 unspecified atom stereocenters. The Morgan fingerprint density at radius 3 is 2.89 bits per heavy atom. The normalized spacial score (nSPS) is 16.0. The third kappa shape index (κ3) is 3.60. The van der Waals surface area contributed by atoms with E-state index in [1.54, 1.807) is 0 Å². The number of fused-ring (bicyclic) bond motifs is 3. The van der Waals surface area contributed by atoms with Gasteiger partial charge in [0.15, 0.2) is 0 Å². The Hall–Kier alpha value is -2.85. The van der Waals surface area contributed by atoms with Crippen LogP contribution in [0.15, 0.2) is 29.6 Å². The molecule has 0 saturated carbocycles. The van der Waals surface area contributed by atoms with Crippen molar-refractivity contribution >= 4 is 28.5 Å². The second-order valence-corrected chi connectivity index (χ2v) is 8.76. The Kier molecular flexibility index (Phi) is 4.60. The van der Waals surface area contributed by atoms with Crippen molar-refractivity contribution in [1.29, 1.82) is 5.26 Å². The molecule has 2 heterocycles. The van der Waals surface area contributed by atoms with Gasteiger partial charge in [-0.2, -0.15) is 9.64 Å². The maximum atomic E-state index is 12.2. The van der Waals surface area contributed by atoms with E-state index in [0.717, 1.165) is 29.4 Å². The van der Waals surface area contributed by atoms with E-state index in [4.69, 9.17) is 4.74 Å². The number of nitrogens with one attached hydrogen (secondary N) is 1. The van der Waals surface area contributed by atoms with E-state index < -0.39 is 11.7 Å². The number of rotatable bonds is 3. The first-order valence-corrected chi connectivity index (χ1v) is 10.1. The fraction of sp³-hybridized carbons (Fsp3) is 0.381. The minimum Gasteiger partial charge on any atom is -0.444 e. The summed E-state index contributed by atoms with van der Waals surface area (Å²) >= 11 is 1.44. The highest BCUT2D eigenvalue weighted by Gasteiger charge is 2.30. The van der Waals surface area contributed by atoms with E-state index in [-0.39, 0.29) is 6.04 Å². The van der Waals surface area contributed by atoms with Crippen LogP contribution in [0.25, 0.3) is 10.9 Å². The predicted octanol–water partition coefficient (Wildman–Crippen LogP) is 4.01.